The number of carbonyl (C=O) groups is 1. The first kappa shape index (κ1) is 25.8. The number of piperidine rings is 1. The Kier molecular flexibility index (Phi) is 6.08. The minimum absolute atomic E-state index is 0.164. The number of fused-ring (bicyclic) bond motifs is 5. The van der Waals surface area contributed by atoms with E-state index < -0.39 is 0 Å². The summed E-state index contributed by atoms with van der Waals surface area (Å²) in [7, 11) is 0. The van der Waals surface area contributed by atoms with Crippen LogP contribution in [0.3, 0.4) is 0 Å². The Hall–Kier alpha value is -4.88. The summed E-state index contributed by atoms with van der Waals surface area (Å²) in [5.74, 6) is 0.164. The van der Waals surface area contributed by atoms with E-state index in [0.717, 1.165) is 82.7 Å². The fourth-order valence-corrected chi connectivity index (χ4v) is 7.04. The van der Waals surface area contributed by atoms with Crippen LogP contribution in [-0.4, -0.2) is 50.0 Å². The van der Waals surface area contributed by atoms with Crippen LogP contribution >= 0.6 is 0 Å². The van der Waals surface area contributed by atoms with Crippen molar-refractivity contribution in [1.82, 2.24) is 29.8 Å². The average Bonchev–Trinajstić information content (AvgIpc) is 3.55. The molecule has 1 N–H and O–H groups in total. The number of benzene rings is 3. The molecule has 8 rings (SSSR count). The zero-order valence-electron chi connectivity index (χ0n) is 24.1. The van der Waals surface area contributed by atoms with Gasteiger partial charge in [0.15, 0.2) is 11.3 Å². The fourth-order valence-electron chi connectivity index (χ4n) is 7.04. The van der Waals surface area contributed by atoms with E-state index in [1.807, 2.05) is 41.9 Å². The summed E-state index contributed by atoms with van der Waals surface area (Å²) in [5, 5.41) is 9.09. The second-order valence-electron chi connectivity index (χ2n) is 11.7. The molecule has 3 aromatic heterocycles. The number of carbonyl (C=O) groups excluding carboxylic acids is 1. The third kappa shape index (κ3) is 4.22. The lowest BCUT2D eigenvalue weighted by Crippen LogP contribution is -2.51. The van der Waals surface area contributed by atoms with Crippen molar-refractivity contribution in [2.45, 2.75) is 31.7 Å². The maximum Gasteiger partial charge on any atom is 0.254 e. The molecule has 5 heterocycles. The normalized spacial score (nSPS) is 15.9. The summed E-state index contributed by atoms with van der Waals surface area (Å²) in [6, 6.07) is 31.4. The van der Waals surface area contributed by atoms with Crippen molar-refractivity contribution in [3.8, 4) is 22.4 Å². The molecule has 0 aliphatic carbocycles. The molecule has 0 saturated carbocycles. The summed E-state index contributed by atoms with van der Waals surface area (Å²) in [4.78, 5) is 25.5. The minimum Gasteiger partial charge on any atom is -0.328 e. The molecule has 6 aromatic rings. The topological polar surface area (TPSA) is 75.4 Å². The van der Waals surface area contributed by atoms with Crippen LogP contribution < -0.4 is 5.32 Å². The van der Waals surface area contributed by atoms with Gasteiger partial charge in [0.1, 0.15) is 0 Å². The van der Waals surface area contributed by atoms with Crippen LogP contribution in [0.4, 0.5) is 0 Å². The number of nitrogens with one attached hydrogen (secondary N) is 1. The number of nitrogens with zero attached hydrogens (tertiary/aromatic N) is 5. The molecule has 2 aliphatic heterocycles. The van der Waals surface area contributed by atoms with Crippen LogP contribution in [0.25, 0.3) is 39.1 Å². The number of aromatic nitrogens is 4. The molecule has 3 aromatic carbocycles. The zero-order chi connectivity index (χ0) is 29.0. The highest BCUT2D eigenvalue weighted by Gasteiger charge is 2.49. The molecule has 1 saturated heterocycles. The molecule has 212 valence electrons. The molecule has 43 heavy (non-hydrogen) atoms. The predicted molar refractivity (Wildman–Crippen MR) is 169 cm³/mol. The van der Waals surface area contributed by atoms with Gasteiger partial charge in [-0.05, 0) is 68.1 Å². The number of rotatable bonds is 5. The van der Waals surface area contributed by atoms with Gasteiger partial charge in [-0.3, -0.25) is 4.79 Å². The summed E-state index contributed by atoms with van der Waals surface area (Å²) in [6.07, 6.45) is 4.57. The summed E-state index contributed by atoms with van der Waals surface area (Å²) < 4.78 is 1.83. The van der Waals surface area contributed by atoms with Gasteiger partial charge >= 0.3 is 0 Å². The van der Waals surface area contributed by atoms with Crippen LogP contribution in [0.15, 0.2) is 97.2 Å². The highest BCUT2D eigenvalue weighted by Crippen LogP contribution is 2.45. The van der Waals surface area contributed by atoms with Crippen molar-refractivity contribution in [1.29, 1.82) is 0 Å². The molecule has 2 aliphatic rings. The first-order chi connectivity index (χ1) is 21.1. The first-order valence-electron chi connectivity index (χ1n) is 15.0. The molecule has 0 atom stereocenters. The smallest absolute Gasteiger partial charge is 0.254 e. The minimum atomic E-state index is -0.205. The third-order valence-electron chi connectivity index (χ3n) is 9.17. The zero-order valence-corrected chi connectivity index (χ0v) is 24.1. The highest BCUT2D eigenvalue weighted by molar-refractivity contribution is 6.00. The van der Waals surface area contributed by atoms with E-state index in [-0.39, 0.29) is 11.4 Å². The van der Waals surface area contributed by atoms with E-state index in [1.54, 1.807) is 0 Å². The Morgan fingerprint density at radius 1 is 0.860 bits per heavy atom. The molecule has 7 heteroatoms. The molecule has 1 fully saturated rings. The monoisotopic (exact) mass is 564 g/mol. The van der Waals surface area contributed by atoms with Gasteiger partial charge in [0, 0.05) is 40.9 Å². The third-order valence-corrected chi connectivity index (χ3v) is 9.17. The molecular formula is C36H32N6O. The van der Waals surface area contributed by atoms with E-state index in [1.165, 1.54) is 11.1 Å². The largest absolute Gasteiger partial charge is 0.328 e. The standard InChI is InChI=1S/C36H32N6O/c1-24-21-32-38-23-28-22-30(26-7-3-2-4-8-26)33(39-34(28)42(32)40-24)27-13-11-25(12-14-27)15-20-41-35(43)29-9-5-6-10-31(29)36(41)16-18-37-19-17-36/h2-14,21-23,37H,15-20H2,1H3. The Labute approximate surface area is 250 Å². The van der Waals surface area contributed by atoms with Gasteiger partial charge in [-0.2, -0.15) is 9.61 Å². The lowest BCUT2D eigenvalue weighted by molar-refractivity contribution is 0.0451. The Bertz CT molecular complexity index is 1990. The van der Waals surface area contributed by atoms with Crippen molar-refractivity contribution in [3.05, 3.63) is 120 Å². The van der Waals surface area contributed by atoms with E-state index in [0.29, 0.717) is 6.54 Å². The maximum absolute atomic E-state index is 13.6. The van der Waals surface area contributed by atoms with Crippen LogP contribution in [0.2, 0.25) is 0 Å². The molecule has 7 nitrogen and oxygen atoms in total. The van der Waals surface area contributed by atoms with Crippen molar-refractivity contribution < 1.29 is 4.79 Å². The van der Waals surface area contributed by atoms with Gasteiger partial charge in [0.2, 0.25) is 0 Å². The lowest BCUT2D eigenvalue weighted by Gasteiger charge is -2.42. The van der Waals surface area contributed by atoms with Crippen LogP contribution in [0, 0.1) is 6.92 Å². The van der Waals surface area contributed by atoms with Gasteiger partial charge in [-0.25, -0.2) is 9.97 Å². The lowest BCUT2D eigenvalue weighted by atomic mass is 9.81. The quantitative estimate of drug-likeness (QED) is 0.270. The summed E-state index contributed by atoms with van der Waals surface area (Å²) in [6.45, 7) is 4.52. The number of hydrogen-bond donors (Lipinski definition) is 1. The summed E-state index contributed by atoms with van der Waals surface area (Å²) >= 11 is 0. The summed E-state index contributed by atoms with van der Waals surface area (Å²) in [5.41, 5.74) is 9.65. The van der Waals surface area contributed by atoms with Crippen molar-refractivity contribution >= 4 is 22.6 Å². The van der Waals surface area contributed by atoms with Gasteiger partial charge in [0.05, 0.1) is 16.9 Å². The molecule has 1 spiro atoms. The second kappa shape index (κ2) is 10.1. The second-order valence-corrected chi connectivity index (χ2v) is 11.7. The number of amides is 1. The molecule has 0 unspecified atom stereocenters. The molecular weight excluding hydrogens is 532 g/mol. The molecule has 0 bridgehead atoms. The first-order valence-corrected chi connectivity index (χ1v) is 15.0. The Morgan fingerprint density at radius 2 is 1.63 bits per heavy atom. The SMILES string of the molecule is Cc1cc2ncc3cc(-c4ccccc4)c(-c4ccc(CCN5C(=O)c6ccccc6C56CCNCC6)cc4)nc3n2n1. The molecule has 1 amide bonds. The van der Waals surface area contributed by atoms with Gasteiger partial charge < -0.3 is 10.2 Å². The Balaban J connectivity index is 1.13. The van der Waals surface area contributed by atoms with E-state index in [4.69, 9.17) is 4.98 Å². The number of hydrogen-bond acceptors (Lipinski definition) is 5. The molecule has 0 radical (unpaired) electrons. The Morgan fingerprint density at radius 3 is 2.44 bits per heavy atom. The van der Waals surface area contributed by atoms with Crippen LogP contribution in [-0.2, 0) is 12.0 Å². The van der Waals surface area contributed by atoms with Crippen LogP contribution in [0.5, 0.6) is 0 Å². The van der Waals surface area contributed by atoms with Crippen molar-refractivity contribution in [3.63, 3.8) is 0 Å². The van der Waals surface area contributed by atoms with Gasteiger partial charge in [-0.1, -0.05) is 72.8 Å². The van der Waals surface area contributed by atoms with Crippen LogP contribution in [0.1, 0.15) is 40.0 Å². The average molecular weight is 565 g/mol. The van der Waals surface area contributed by atoms with Gasteiger partial charge in [-0.15, -0.1) is 0 Å². The van der Waals surface area contributed by atoms with Crippen molar-refractivity contribution in [2.75, 3.05) is 19.6 Å². The number of pyridine rings is 1. The van der Waals surface area contributed by atoms with E-state index in [2.05, 4.69) is 87.0 Å². The van der Waals surface area contributed by atoms with E-state index >= 15 is 0 Å². The van der Waals surface area contributed by atoms with Gasteiger partial charge in [0.25, 0.3) is 5.91 Å². The predicted octanol–water partition coefficient (Wildman–Crippen LogP) is 6.20. The number of aryl methyl sites for hydroxylation is 1. The van der Waals surface area contributed by atoms with Crippen molar-refractivity contribution in [2.24, 2.45) is 0 Å². The highest BCUT2D eigenvalue weighted by atomic mass is 16.2. The fraction of sp³-hybridized carbons (Fsp3) is 0.222. The van der Waals surface area contributed by atoms with E-state index in [9.17, 15) is 4.79 Å². The maximum atomic E-state index is 13.6.